The molecule has 3 fully saturated rings. The van der Waals surface area contributed by atoms with Gasteiger partial charge in [-0.05, 0) is 68.0 Å². The summed E-state index contributed by atoms with van der Waals surface area (Å²) in [6.07, 6.45) is -7.99. The number of aliphatic hydroxyl groups excluding tert-OH is 1. The van der Waals surface area contributed by atoms with Crippen LogP contribution >= 0.6 is 0 Å². The Labute approximate surface area is 320 Å². The first-order valence-electron chi connectivity index (χ1n) is 19.3. The predicted molar refractivity (Wildman–Crippen MR) is 195 cm³/mol. The minimum absolute atomic E-state index is 0.0883. The van der Waals surface area contributed by atoms with E-state index in [2.05, 4.69) is 0 Å². The minimum Gasteiger partial charge on any atom is -0.463 e. The highest BCUT2D eigenvalue weighted by atomic mass is 16.7. The van der Waals surface area contributed by atoms with Crippen molar-refractivity contribution in [2.24, 2.45) is 29.6 Å². The Morgan fingerprint density at radius 3 is 2.06 bits per heavy atom. The van der Waals surface area contributed by atoms with Crippen molar-refractivity contribution in [3.05, 3.63) is 0 Å². The van der Waals surface area contributed by atoms with Crippen molar-refractivity contribution in [2.75, 3.05) is 21.2 Å². The van der Waals surface area contributed by atoms with Crippen LogP contribution in [0.25, 0.3) is 0 Å². The molecule has 0 radical (unpaired) electrons. The molecule has 0 spiro atoms. The summed E-state index contributed by atoms with van der Waals surface area (Å²) < 4.78 is 48.6. The largest absolute Gasteiger partial charge is 0.463 e. The molecule has 0 aromatic heterocycles. The number of ether oxygens (including phenoxy) is 8. The van der Waals surface area contributed by atoms with Gasteiger partial charge in [-0.2, -0.15) is 0 Å². The van der Waals surface area contributed by atoms with Gasteiger partial charge in [0.2, 0.25) is 0 Å². The number of hydrogen-bond donors (Lipinski definition) is 2. The van der Waals surface area contributed by atoms with Gasteiger partial charge in [0.05, 0.1) is 41.9 Å². The van der Waals surface area contributed by atoms with Crippen LogP contribution in [-0.4, -0.2) is 140 Å². The van der Waals surface area contributed by atoms with Gasteiger partial charge in [0, 0.05) is 37.3 Å². The van der Waals surface area contributed by atoms with Crippen molar-refractivity contribution in [1.29, 1.82) is 0 Å². The fraction of sp³-hybridized carbons (Fsp3) is 0.897. The van der Waals surface area contributed by atoms with Crippen molar-refractivity contribution in [2.45, 2.75) is 174 Å². The molecule has 18 atom stereocenters. The molecule has 3 aliphatic rings. The number of hydrogen-bond acceptors (Lipinski definition) is 15. The molecule has 0 saturated carbocycles. The third-order valence-electron chi connectivity index (χ3n) is 12.1. The lowest BCUT2D eigenvalue weighted by Crippen LogP contribution is -2.61. The molecule has 3 aliphatic heterocycles. The fourth-order valence-corrected chi connectivity index (χ4v) is 8.95. The maximum Gasteiger partial charge on any atom is 0.311 e. The van der Waals surface area contributed by atoms with Crippen molar-refractivity contribution in [1.82, 2.24) is 4.90 Å². The molecule has 0 bridgehead atoms. The van der Waals surface area contributed by atoms with E-state index in [1.165, 1.54) is 7.11 Å². The van der Waals surface area contributed by atoms with Gasteiger partial charge < -0.3 is 53.0 Å². The van der Waals surface area contributed by atoms with E-state index in [9.17, 15) is 29.4 Å². The lowest BCUT2D eigenvalue weighted by atomic mass is 9.74. The van der Waals surface area contributed by atoms with E-state index in [1.54, 1.807) is 55.4 Å². The molecule has 15 nitrogen and oxygen atoms in total. The summed E-state index contributed by atoms with van der Waals surface area (Å²) in [4.78, 5) is 53.3. The molecule has 312 valence electrons. The number of cyclic esters (lactones) is 1. The molecular formula is C39H67NO14. The summed E-state index contributed by atoms with van der Waals surface area (Å²) in [6, 6.07) is -0.326. The van der Waals surface area contributed by atoms with E-state index < -0.39 is 102 Å². The zero-order chi connectivity index (χ0) is 40.9. The summed E-state index contributed by atoms with van der Waals surface area (Å²) in [5.41, 5.74) is -2.80. The summed E-state index contributed by atoms with van der Waals surface area (Å²) in [6.45, 7) is 18.0. The van der Waals surface area contributed by atoms with Crippen LogP contribution in [0.15, 0.2) is 0 Å². The van der Waals surface area contributed by atoms with Crippen molar-refractivity contribution in [3.63, 3.8) is 0 Å². The van der Waals surface area contributed by atoms with E-state index in [0.717, 1.165) is 0 Å². The number of likely N-dealkylation sites (N-methyl/N-ethyl adjacent to an activating group) is 1. The second-order valence-corrected chi connectivity index (χ2v) is 16.6. The topological polar surface area (TPSA) is 186 Å². The average molecular weight is 774 g/mol. The maximum absolute atomic E-state index is 14.2. The van der Waals surface area contributed by atoms with Gasteiger partial charge in [-0.3, -0.25) is 19.2 Å². The molecule has 0 aromatic rings. The maximum atomic E-state index is 14.2. The van der Waals surface area contributed by atoms with E-state index in [0.29, 0.717) is 25.8 Å². The monoisotopic (exact) mass is 773 g/mol. The lowest BCUT2D eigenvalue weighted by molar-refractivity contribution is -0.318. The predicted octanol–water partition coefficient (Wildman–Crippen LogP) is 3.03. The Morgan fingerprint density at radius 2 is 1.50 bits per heavy atom. The Hall–Kier alpha value is -2.24. The standard InChI is InChI=1S/C39H67NO14/c1-14-28-22(4)32(48-18-41)23(5)30(43)20(2)16-38(9,46)34(54-37-31(44)27(40(11)12)15-21(3)50-37)24(6)33(25(7)36(45)52-28)53-29-17-39(10,47-13)35(49-19-42)26(8)51-29/h18-29,31-35,37,44,46H,14-17H2,1-13H3. The molecule has 3 rings (SSSR count). The third kappa shape index (κ3) is 10.4. The summed E-state index contributed by atoms with van der Waals surface area (Å²) in [7, 11) is 5.20. The second kappa shape index (κ2) is 19.3. The van der Waals surface area contributed by atoms with Crippen LogP contribution in [0.1, 0.15) is 94.9 Å². The van der Waals surface area contributed by atoms with Crippen LogP contribution in [0.5, 0.6) is 0 Å². The van der Waals surface area contributed by atoms with Gasteiger partial charge in [0.1, 0.15) is 29.7 Å². The highest BCUT2D eigenvalue weighted by Crippen LogP contribution is 2.41. The first-order chi connectivity index (χ1) is 25.2. The zero-order valence-corrected chi connectivity index (χ0v) is 34.5. The van der Waals surface area contributed by atoms with Gasteiger partial charge in [0.15, 0.2) is 18.7 Å². The van der Waals surface area contributed by atoms with E-state index in [1.807, 2.05) is 32.8 Å². The van der Waals surface area contributed by atoms with Crippen molar-refractivity contribution < 1.29 is 67.3 Å². The zero-order valence-electron chi connectivity index (χ0n) is 34.5. The molecule has 3 saturated heterocycles. The van der Waals surface area contributed by atoms with Crippen LogP contribution in [0, 0.1) is 29.6 Å². The number of nitrogens with zero attached hydrogens (tertiary/aromatic N) is 1. The smallest absolute Gasteiger partial charge is 0.311 e. The van der Waals surface area contributed by atoms with Crippen molar-refractivity contribution >= 4 is 24.7 Å². The molecule has 2 N–H and O–H groups in total. The number of aliphatic hydroxyl groups is 2. The summed E-state index contributed by atoms with van der Waals surface area (Å²) in [5, 5.41) is 24.0. The van der Waals surface area contributed by atoms with Gasteiger partial charge in [0.25, 0.3) is 12.9 Å². The lowest BCUT2D eigenvalue weighted by Gasteiger charge is -2.49. The average Bonchev–Trinajstić information content (AvgIpc) is 3.11. The number of Topliss-reactive ketones (excluding diaryl/α,β-unsaturated/α-hetero) is 1. The van der Waals surface area contributed by atoms with Crippen LogP contribution < -0.4 is 0 Å². The Bertz CT molecular complexity index is 1250. The third-order valence-corrected chi connectivity index (χ3v) is 12.1. The number of esters is 1. The van der Waals surface area contributed by atoms with Crippen LogP contribution in [0.2, 0.25) is 0 Å². The van der Waals surface area contributed by atoms with Gasteiger partial charge in [-0.25, -0.2) is 0 Å². The molecule has 18 unspecified atom stereocenters. The Kier molecular flexibility index (Phi) is 16.5. The normalized spacial score (nSPS) is 45.9. The number of rotatable bonds is 11. The quantitative estimate of drug-likeness (QED) is 0.177. The van der Waals surface area contributed by atoms with Crippen molar-refractivity contribution in [3.8, 4) is 0 Å². The highest BCUT2D eigenvalue weighted by Gasteiger charge is 2.53. The van der Waals surface area contributed by atoms with Crippen LogP contribution in [-0.2, 0) is 57.1 Å². The molecule has 15 heteroatoms. The fourth-order valence-electron chi connectivity index (χ4n) is 8.95. The molecule has 0 amide bonds. The van der Waals surface area contributed by atoms with Gasteiger partial charge >= 0.3 is 5.97 Å². The van der Waals surface area contributed by atoms with Crippen LogP contribution in [0.3, 0.4) is 0 Å². The van der Waals surface area contributed by atoms with E-state index in [-0.39, 0.29) is 30.8 Å². The first-order valence-corrected chi connectivity index (χ1v) is 19.3. The van der Waals surface area contributed by atoms with E-state index >= 15 is 0 Å². The van der Waals surface area contributed by atoms with Crippen LogP contribution in [0.4, 0.5) is 0 Å². The molecule has 0 aromatic carbocycles. The number of carbonyl (C=O) groups excluding carboxylic acids is 4. The summed E-state index contributed by atoms with van der Waals surface area (Å²) in [5.74, 6) is -4.80. The SMILES string of the molecule is CCC1OC(=O)C(C)C(OC2CC(C)(OC)C(OC=O)C(C)O2)C(C)C(OC2OC(C)CC(N(C)C)C2O)C(C)(O)CC(C)C(=O)C(C)C(OC=O)C1C. The number of methoxy groups -OCH3 is 1. The highest BCUT2D eigenvalue weighted by molar-refractivity contribution is 5.83. The minimum atomic E-state index is -1.77. The second-order valence-electron chi connectivity index (χ2n) is 16.6. The molecule has 0 aliphatic carbocycles. The Balaban J connectivity index is 2.19. The summed E-state index contributed by atoms with van der Waals surface area (Å²) >= 11 is 0. The number of carbonyl (C=O) groups is 4. The van der Waals surface area contributed by atoms with Gasteiger partial charge in [-0.1, -0.05) is 34.6 Å². The van der Waals surface area contributed by atoms with Gasteiger partial charge in [-0.15, -0.1) is 0 Å². The molecular weight excluding hydrogens is 706 g/mol. The molecule has 54 heavy (non-hydrogen) atoms. The number of ketones is 1. The molecule has 3 heterocycles. The first kappa shape index (κ1) is 46.1. The Morgan fingerprint density at radius 1 is 0.870 bits per heavy atom. The van der Waals surface area contributed by atoms with E-state index in [4.69, 9.17) is 37.9 Å².